The average molecular weight is 265 g/mol. The lowest BCUT2D eigenvalue weighted by atomic mass is 10.1. The molecule has 0 atom stereocenters. The van der Waals surface area contributed by atoms with Crippen LogP contribution in [0.5, 0.6) is 11.5 Å². The quantitative estimate of drug-likeness (QED) is 0.584. The molecule has 0 radical (unpaired) electrons. The number of methoxy groups -OCH3 is 2. The molecule has 104 valence electrons. The van der Waals surface area contributed by atoms with Crippen molar-refractivity contribution in [3.63, 3.8) is 0 Å². The fourth-order valence-electron chi connectivity index (χ4n) is 1.71. The first-order valence-corrected chi connectivity index (χ1v) is 6.04. The van der Waals surface area contributed by atoms with Gasteiger partial charge >= 0.3 is 0 Å². The van der Waals surface area contributed by atoms with Crippen LogP contribution in [0, 0.1) is 16.0 Å². The molecule has 0 saturated carbocycles. The van der Waals surface area contributed by atoms with Gasteiger partial charge in [0.15, 0.2) is 0 Å². The zero-order valence-electron chi connectivity index (χ0n) is 11.7. The van der Waals surface area contributed by atoms with Crippen molar-refractivity contribution in [3.05, 3.63) is 39.6 Å². The molecule has 1 rings (SSSR count). The lowest BCUT2D eigenvalue weighted by molar-refractivity contribution is -0.427. The minimum Gasteiger partial charge on any atom is -0.497 e. The Morgan fingerprint density at radius 3 is 2.16 bits per heavy atom. The number of allylic oxidation sites excluding steroid dienone is 1. The summed E-state index contributed by atoms with van der Waals surface area (Å²) in [6, 6.07) is 5.21. The highest BCUT2D eigenvalue weighted by Gasteiger charge is 2.13. The molecular formula is C14H19NO4. The van der Waals surface area contributed by atoms with Gasteiger partial charge in [0, 0.05) is 18.6 Å². The Balaban J connectivity index is 3.15. The Kier molecular flexibility index (Phi) is 5.36. The molecule has 0 bridgehead atoms. The third kappa shape index (κ3) is 4.62. The van der Waals surface area contributed by atoms with Gasteiger partial charge in [-0.2, -0.15) is 0 Å². The van der Waals surface area contributed by atoms with Crippen molar-refractivity contribution >= 4 is 6.08 Å². The largest absolute Gasteiger partial charge is 0.497 e. The van der Waals surface area contributed by atoms with Gasteiger partial charge in [-0.25, -0.2) is 0 Å². The summed E-state index contributed by atoms with van der Waals surface area (Å²) in [5.74, 6) is 1.44. The van der Waals surface area contributed by atoms with Gasteiger partial charge in [-0.3, -0.25) is 10.1 Å². The summed E-state index contributed by atoms with van der Waals surface area (Å²) in [6.07, 6.45) is 1.98. The van der Waals surface area contributed by atoms with Crippen LogP contribution in [0.1, 0.15) is 25.8 Å². The minimum atomic E-state index is -0.341. The summed E-state index contributed by atoms with van der Waals surface area (Å²) in [7, 11) is 3.09. The number of nitrogens with zero attached hydrogens (tertiary/aromatic N) is 1. The Morgan fingerprint density at radius 1 is 1.26 bits per heavy atom. The van der Waals surface area contributed by atoms with E-state index in [4.69, 9.17) is 9.47 Å². The van der Waals surface area contributed by atoms with E-state index in [9.17, 15) is 10.1 Å². The third-order valence-electron chi connectivity index (χ3n) is 2.56. The van der Waals surface area contributed by atoms with Crippen LogP contribution in [-0.2, 0) is 0 Å². The van der Waals surface area contributed by atoms with Crippen LogP contribution in [0.2, 0.25) is 0 Å². The molecule has 1 aromatic rings. The van der Waals surface area contributed by atoms with Crippen LogP contribution in [0.15, 0.2) is 23.9 Å². The molecule has 0 aliphatic carbocycles. The number of hydrogen-bond donors (Lipinski definition) is 0. The van der Waals surface area contributed by atoms with Gasteiger partial charge in [-0.05, 0) is 23.6 Å². The smallest absolute Gasteiger partial charge is 0.247 e. The highest BCUT2D eigenvalue weighted by Crippen LogP contribution is 2.25. The van der Waals surface area contributed by atoms with Crippen LogP contribution in [0.4, 0.5) is 0 Å². The van der Waals surface area contributed by atoms with Gasteiger partial charge in [0.2, 0.25) is 5.70 Å². The fraction of sp³-hybridized carbons (Fsp3) is 0.429. The highest BCUT2D eigenvalue weighted by atomic mass is 16.6. The molecular weight excluding hydrogens is 246 g/mol. The number of nitro groups is 1. The van der Waals surface area contributed by atoms with E-state index in [1.807, 2.05) is 13.8 Å². The third-order valence-corrected chi connectivity index (χ3v) is 2.56. The van der Waals surface area contributed by atoms with Crippen molar-refractivity contribution in [2.24, 2.45) is 5.92 Å². The number of hydrogen-bond acceptors (Lipinski definition) is 4. The van der Waals surface area contributed by atoms with Crippen molar-refractivity contribution in [1.29, 1.82) is 0 Å². The maximum Gasteiger partial charge on any atom is 0.247 e. The van der Waals surface area contributed by atoms with E-state index in [-0.39, 0.29) is 16.5 Å². The number of ether oxygens (including phenoxy) is 2. The van der Waals surface area contributed by atoms with E-state index in [1.165, 1.54) is 0 Å². The van der Waals surface area contributed by atoms with Gasteiger partial charge in [0.25, 0.3) is 0 Å². The normalized spacial score (nSPS) is 11.5. The molecule has 0 unspecified atom stereocenters. The van der Waals surface area contributed by atoms with Crippen molar-refractivity contribution in [3.8, 4) is 11.5 Å². The van der Waals surface area contributed by atoms with Crippen LogP contribution in [0.3, 0.4) is 0 Å². The summed E-state index contributed by atoms with van der Waals surface area (Å²) in [6.45, 7) is 3.90. The topological polar surface area (TPSA) is 61.6 Å². The Labute approximate surface area is 113 Å². The zero-order valence-corrected chi connectivity index (χ0v) is 11.7. The monoisotopic (exact) mass is 265 g/mol. The van der Waals surface area contributed by atoms with Crippen molar-refractivity contribution < 1.29 is 14.4 Å². The lowest BCUT2D eigenvalue weighted by Gasteiger charge is -2.07. The zero-order chi connectivity index (χ0) is 14.4. The van der Waals surface area contributed by atoms with Crippen LogP contribution >= 0.6 is 0 Å². The van der Waals surface area contributed by atoms with Crippen LogP contribution in [0.25, 0.3) is 6.08 Å². The van der Waals surface area contributed by atoms with Crippen molar-refractivity contribution in [2.75, 3.05) is 14.2 Å². The summed E-state index contributed by atoms with van der Waals surface area (Å²) in [5, 5.41) is 11.0. The van der Waals surface area contributed by atoms with E-state index < -0.39 is 0 Å². The van der Waals surface area contributed by atoms with Crippen molar-refractivity contribution in [1.82, 2.24) is 0 Å². The molecule has 5 nitrogen and oxygen atoms in total. The average Bonchev–Trinajstić information content (AvgIpc) is 2.36. The second-order valence-corrected chi connectivity index (χ2v) is 4.64. The second-order valence-electron chi connectivity index (χ2n) is 4.64. The molecule has 0 heterocycles. The van der Waals surface area contributed by atoms with Gasteiger partial charge < -0.3 is 9.47 Å². The molecule has 0 amide bonds. The molecule has 0 aromatic heterocycles. The number of rotatable bonds is 6. The Bertz CT molecular complexity index is 458. The lowest BCUT2D eigenvalue weighted by Crippen LogP contribution is -2.02. The minimum absolute atomic E-state index is 0.185. The first kappa shape index (κ1) is 15.0. The molecule has 0 aliphatic heterocycles. The molecule has 0 spiro atoms. The van der Waals surface area contributed by atoms with Gasteiger partial charge in [-0.1, -0.05) is 13.8 Å². The molecule has 0 fully saturated rings. The van der Waals surface area contributed by atoms with Crippen LogP contribution < -0.4 is 9.47 Å². The van der Waals surface area contributed by atoms with Gasteiger partial charge in [-0.15, -0.1) is 0 Å². The maximum absolute atomic E-state index is 11.0. The molecule has 0 saturated heterocycles. The highest BCUT2D eigenvalue weighted by molar-refractivity contribution is 5.56. The summed E-state index contributed by atoms with van der Waals surface area (Å²) in [4.78, 5) is 10.7. The van der Waals surface area contributed by atoms with Gasteiger partial charge in [0.05, 0.1) is 19.1 Å². The first-order valence-electron chi connectivity index (χ1n) is 6.04. The van der Waals surface area contributed by atoms with Crippen LogP contribution in [-0.4, -0.2) is 19.1 Å². The van der Waals surface area contributed by atoms with Crippen molar-refractivity contribution in [2.45, 2.75) is 20.3 Å². The SMILES string of the molecule is COc1cc(C=C(CC(C)C)[N+](=O)[O-])cc(OC)c1. The van der Waals surface area contributed by atoms with E-state index in [2.05, 4.69) is 0 Å². The van der Waals surface area contributed by atoms with E-state index >= 15 is 0 Å². The number of benzene rings is 1. The predicted octanol–water partition coefficient (Wildman–Crippen LogP) is 3.37. The van der Waals surface area contributed by atoms with E-state index in [0.717, 1.165) is 0 Å². The Hall–Kier alpha value is -2.04. The predicted molar refractivity (Wildman–Crippen MR) is 74.0 cm³/mol. The Morgan fingerprint density at radius 2 is 1.79 bits per heavy atom. The summed E-state index contributed by atoms with van der Waals surface area (Å²) in [5.41, 5.74) is 0.883. The van der Waals surface area contributed by atoms with E-state index in [1.54, 1.807) is 38.5 Å². The standard InChI is InChI=1S/C14H19NO4/c1-10(2)5-12(15(16)17)6-11-7-13(18-3)9-14(8-11)19-4/h6-10H,5H2,1-4H3. The molecule has 19 heavy (non-hydrogen) atoms. The van der Waals surface area contributed by atoms with E-state index in [0.29, 0.717) is 23.5 Å². The molecule has 5 heteroatoms. The molecule has 1 aromatic carbocycles. The summed E-state index contributed by atoms with van der Waals surface area (Å²) < 4.78 is 10.3. The van der Waals surface area contributed by atoms with Gasteiger partial charge in [0.1, 0.15) is 11.5 Å². The first-order chi connectivity index (χ1) is 8.96. The molecule has 0 N–H and O–H groups in total. The maximum atomic E-state index is 11.0. The fourth-order valence-corrected chi connectivity index (χ4v) is 1.71. The summed E-state index contributed by atoms with van der Waals surface area (Å²) >= 11 is 0. The second kappa shape index (κ2) is 6.78. The molecule has 0 aliphatic rings.